The average molecular weight is 543 g/mol. The molecular formula is C23H39IN6O. The number of nitrogens with zero attached hydrogens (tertiary/aromatic N) is 4. The lowest BCUT2D eigenvalue weighted by atomic mass is 10.1. The molecule has 2 N–H and O–H groups in total. The first kappa shape index (κ1) is 25.9. The largest absolute Gasteiger partial charge is 0.352 e. The van der Waals surface area contributed by atoms with Crippen LogP contribution in [-0.2, 0) is 17.9 Å². The highest BCUT2D eigenvalue weighted by Crippen LogP contribution is 2.12. The number of carbonyl (C=O) groups is 1. The zero-order valence-corrected chi connectivity index (χ0v) is 21.6. The van der Waals surface area contributed by atoms with Crippen LogP contribution in [-0.4, -0.2) is 86.0 Å². The Morgan fingerprint density at radius 2 is 1.84 bits per heavy atom. The fourth-order valence-corrected chi connectivity index (χ4v) is 4.18. The van der Waals surface area contributed by atoms with Crippen molar-refractivity contribution in [2.45, 2.75) is 45.3 Å². The summed E-state index contributed by atoms with van der Waals surface area (Å²) < 4.78 is 0. The number of amides is 1. The van der Waals surface area contributed by atoms with Crippen molar-refractivity contribution in [1.29, 1.82) is 0 Å². The van der Waals surface area contributed by atoms with Gasteiger partial charge in [-0.05, 0) is 44.1 Å². The van der Waals surface area contributed by atoms with Gasteiger partial charge in [-0.2, -0.15) is 0 Å². The number of guanidine groups is 1. The van der Waals surface area contributed by atoms with Crippen LogP contribution in [0.4, 0.5) is 0 Å². The molecule has 0 radical (unpaired) electrons. The molecule has 1 aromatic carbocycles. The molecule has 174 valence electrons. The van der Waals surface area contributed by atoms with Crippen molar-refractivity contribution in [1.82, 2.24) is 25.3 Å². The van der Waals surface area contributed by atoms with Crippen LogP contribution in [0, 0.1) is 0 Å². The van der Waals surface area contributed by atoms with Crippen molar-refractivity contribution < 1.29 is 4.79 Å². The van der Waals surface area contributed by atoms with Crippen LogP contribution in [0.2, 0.25) is 0 Å². The first-order chi connectivity index (χ1) is 14.6. The van der Waals surface area contributed by atoms with Gasteiger partial charge in [0.2, 0.25) is 5.91 Å². The first-order valence-electron chi connectivity index (χ1n) is 11.3. The molecule has 8 heteroatoms. The summed E-state index contributed by atoms with van der Waals surface area (Å²) >= 11 is 0. The molecule has 31 heavy (non-hydrogen) atoms. The van der Waals surface area contributed by atoms with Gasteiger partial charge in [0.15, 0.2) is 5.96 Å². The van der Waals surface area contributed by atoms with Gasteiger partial charge in [-0.3, -0.25) is 14.7 Å². The van der Waals surface area contributed by atoms with Crippen LogP contribution < -0.4 is 10.6 Å². The Bertz CT molecular complexity index is 711. The maximum Gasteiger partial charge on any atom is 0.222 e. The van der Waals surface area contributed by atoms with Gasteiger partial charge in [0.05, 0.1) is 0 Å². The van der Waals surface area contributed by atoms with Crippen molar-refractivity contribution in [3.05, 3.63) is 35.4 Å². The lowest BCUT2D eigenvalue weighted by molar-refractivity contribution is -0.129. The van der Waals surface area contributed by atoms with Gasteiger partial charge in [0, 0.05) is 58.8 Å². The van der Waals surface area contributed by atoms with Crippen molar-refractivity contribution in [3.8, 4) is 0 Å². The van der Waals surface area contributed by atoms with E-state index in [1.54, 1.807) is 7.05 Å². The summed E-state index contributed by atoms with van der Waals surface area (Å²) in [6.45, 7) is 9.94. The first-order valence-corrected chi connectivity index (χ1v) is 11.3. The Kier molecular flexibility index (Phi) is 11.0. The topological polar surface area (TPSA) is 63.2 Å². The second kappa shape index (κ2) is 13.2. The third kappa shape index (κ3) is 8.23. The van der Waals surface area contributed by atoms with E-state index >= 15 is 0 Å². The minimum absolute atomic E-state index is 0. The minimum atomic E-state index is 0. The second-order valence-corrected chi connectivity index (χ2v) is 8.50. The lowest BCUT2D eigenvalue weighted by Gasteiger charge is -2.20. The Morgan fingerprint density at radius 1 is 1.10 bits per heavy atom. The third-order valence-electron chi connectivity index (χ3n) is 6.11. The van der Waals surface area contributed by atoms with Crippen molar-refractivity contribution in [2.24, 2.45) is 4.99 Å². The van der Waals surface area contributed by atoms with Crippen LogP contribution in [0.5, 0.6) is 0 Å². The molecule has 1 atom stereocenters. The maximum atomic E-state index is 11.9. The summed E-state index contributed by atoms with van der Waals surface area (Å²) in [6.07, 6.45) is 2.79. The highest BCUT2D eigenvalue weighted by atomic mass is 127. The Balaban J connectivity index is 0.00000341. The number of aliphatic imine (C=N–C) groups is 1. The fraction of sp³-hybridized carbons (Fsp3) is 0.652. The number of rotatable bonds is 6. The molecule has 0 spiro atoms. The average Bonchev–Trinajstić information content (AvgIpc) is 3.14. The van der Waals surface area contributed by atoms with E-state index < -0.39 is 0 Å². The Labute approximate surface area is 204 Å². The molecule has 0 saturated carbocycles. The minimum Gasteiger partial charge on any atom is -0.352 e. The number of hydrogen-bond donors (Lipinski definition) is 2. The molecule has 3 rings (SSSR count). The van der Waals surface area contributed by atoms with E-state index in [4.69, 9.17) is 0 Å². The van der Waals surface area contributed by atoms with Gasteiger partial charge in [-0.1, -0.05) is 31.2 Å². The van der Waals surface area contributed by atoms with E-state index in [1.165, 1.54) is 30.6 Å². The SMILES string of the molecule is CCC(=O)N1CCC(NC(=NC)NCc2ccc(CN3CCCN(C)CC3)cc2)C1.I. The monoisotopic (exact) mass is 542 g/mol. The van der Waals surface area contributed by atoms with E-state index in [1.807, 2.05) is 11.8 Å². The quantitative estimate of drug-likeness (QED) is 0.328. The van der Waals surface area contributed by atoms with Gasteiger partial charge in [0.25, 0.3) is 0 Å². The summed E-state index contributed by atoms with van der Waals surface area (Å²) in [5, 5.41) is 6.86. The smallest absolute Gasteiger partial charge is 0.222 e. The van der Waals surface area contributed by atoms with E-state index in [-0.39, 0.29) is 35.9 Å². The molecule has 0 bridgehead atoms. The normalized spacial score (nSPS) is 20.8. The molecule has 1 aromatic rings. The summed E-state index contributed by atoms with van der Waals surface area (Å²) in [5.41, 5.74) is 2.61. The number of likely N-dealkylation sites (tertiary alicyclic amines) is 1. The van der Waals surface area contributed by atoms with Crippen molar-refractivity contribution in [2.75, 3.05) is 53.4 Å². The van der Waals surface area contributed by atoms with Crippen LogP contribution in [0.3, 0.4) is 0 Å². The van der Waals surface area contributed by atoms with Crippen molar-refractivity contribution in [3.63, 3.8) is 0 Å². The maximum absolute atomic E-state index is 11.9. The van der Waals surface area contributed by atoms with Gasteiger partial charge >= 0.3 is 0 Å². The number of carbonyl (C=O) groups excluding carboxylic acids is 1. The zero-order chi connectivity index (χ0) is 21.3. The molecular weight excluding hydrogens is 503 g/mol. The van der Waals surface area contributed by atoms with Gasteiger partial charge in [-0.15, -0.1) is 24.0 Å². The van der Waals surface area contributed by atoms with E-state index in [0.29, 0.717) is 6.42 Å². The van der Waals surface area contributed by atoms with Gasteiger partial charge in [-0.25, -0.2) is 0 Å². The molecule has 2 aliphatic heterocycles. The lowest BCUT2D eigenvalue weighted by Crippen LogP contribution is -2.44. The molecule has 1 unspecified atom stereocenters. The van der Waals surface area contributed by atoms with Crippen LogP contribution >= 0.6 is 24.0 Å². The zero-order valence-electron chi connectivity index (χ0n) is 19.3. The molecule has 0 aliphatic carbocycles. The summed E-state index contributed by atoms with van der Waals surface area (Å²) in [4.78, 5) is 23.1. The van der Waals surface area contributed by atoms with Crippen LogP contribution in [0.15, 0.2) is 29.3 Å². The predicted molar refractivity (Wildman–Crippen MR) is 138 cm³/mol. The number of likely N-dealkylation sites (N-methyl/N-ethyl adjacent to an activating group) is 1. The molecule has 2 aliphatic rings. The molecule has 7 nitrogen and oxygen atoms in total. The van der Waals surface area contributed by atoms with E-state index in [2.05, 4.69) is 56.7 Å². The Morgan fingerprint density at radius 3 is 2.55 bits per heavy atom. The summed E-state index contributed by atoms with van der Waals surface area (Å²) in [5.74, 6) is 1.03. The van der Waals surface area contributed by atoms with E-state index in [9.17, 15) is 4.79 Å². The number of nitrogens with one attached hydrogen (secondary N) is 2. The third-order valence-corrected chi connectivity index (χ3v) is 6.11. The predicted octanol–water partition coefficient (Wildman–Crippen LogP) is 2.12. The molecule has 2 heterocycles. The highest BCUT2D eigenvalue weighted by molar-refractivity contribution is 14.0. The van der Waals surface area contributed by atoms with Crippen LogP contribution in [0.1, 0.15) is 37.3 Å². The van der Waals surface area contributed by atoms with Crippen molar-refractivity contribution >= 4 is 35.8 Å². The molecule has 2 saturated heterocycles. The van der Waals surface area contributed by atoms with Gasteiger partial charge in [0.1, 0.15) is 0 Å². The molecule has 1 amide bonds. The van der Waals surface area contributed by atoms with Crippen LogP contribution in [0.25, 0.3) is 0 Å². The number of halogens is 1. The second-order valence-electron chi connectivity index (χ2n) is 8.50. The standard InChI is InChI=1S/C23H38N6O.HI/c1-4-22(30)29-13-10-21(18-29)26-23(24-2)25-16-19-6-8-20(9-7-19)17-28-12-5-11-27(3)14-15-28;/h6-9,21H,4-5,10-18H2,1-3H3,(H2,24,25,26);1H. The fourth-order valence-electron chi connectivity index (χ4n) is 4.18. The van der Waals surface area contributed by atoms with Gasteiger partial charge < -0.3 is 20.4 Å². The molecule has 0 aromatic heterocycles. The molecule has 2 fully saturated rings. The Hall–Kier alpha value is -1.39. The van der Waals surface area contributed by atoms with E-state index in [0.717, 1.165) is 51.6 Å². The highest BCUT2D eigenvalue weighted by Gasteiger charge is 2.25. The number of hydrogen-bond acceptors (Lipinski definition) is 4. The summed E-state index contributed by atoms with van der Waals surface area (Å²) in [7, 11) is 4.00. The number of benzene rings is 1. The summed E-state index contributed by atoms with van der Waals surface area (Å²) in [6, 6.07) is 9.16.